The molecule has 3 aromatic rings. The van der Waals surface area contributed by atoms with E-state index in [0.717, 1.165) is 0 Å². The predicted molar refractivity (Wildman–Crippen MR) is 295 cm³/mol. The SMILES string of the molecule is NCCC[C@H](NC(=O)[C@H](CCCN=C(N)N)NC(=O)[C@@H]1CCCN1C(=O)[C@@H](N)CCCN=C(N)N)C(=O)N[C@@H](CCC(=O)NCCNS(=O)(=O)c1cccc2cnccc12)C(=O)N[C@@H](CO)C(=O)N[C@@H](Cc1ccccc1)C(=O)O. The molecule has 21 N–H and O–H groups in total. The molecule has 80 heavy (non-hydrogen) atoms. The maximum absolute atomic E-state index is 14.3. The molecule has 0 saturated carbocycles. The van der Waals surface area contributed by atoms with E-state index in [9.17, 15) is 57.0 Å². The summed E-state index contributed by atoms with van der Waals surface area (Å²) in [5.74, 6) is -7.66. The summed E-state index contributed by atoms with van der Waals surface area (Å²) in [5, 5.41) is 36.2. The van der Waals surface area contributed by atoms with Crippen molar-refractivity contribution in [1.82, 2.24) is 46.5 Å². The lowest BCUT2D eigenvalue weighted by Crippen LogP contribution is -2.60. The number of aromatic nitrogens is 1. The second-order valence-corrected chi connectivity index (χ2v) is 20.5. The van der Waals surface area contributed by atoms with Crippen molar-refractivity contribution in [2.75, 3.05) is 45.9 Å². The van der Waals surface area contributed by atoms with E-state index in [2.05, 4.69) is 51.6 Å². The Morgan fingerprint density at radius 3 is 1.93 bits per heavy atom. The van der Waals surface area contributed by atoms with E-state index in [4.69, 9.17) is 34.4 Å². The minimum absolute atomic E-state index is 0.0128. The number of aliphatic hydroxyl groups excluding tert-OH is 1. The second-order valence-electron chi connectivity index (χ2n) is 18.8. The number of aliphatic hydroxyl groups is 1. The van der Waals surface area contributed by atoms with E-state index in [0.29, 0.717) is 29.2 Å². The first-order valence-corrected chi connectivity index (χ1v) is 27.5. The highest BCUT2D eigenvalue weighted by Crippen LogP contribution is 2.22. The number of aliphatic imine (C=N–C) groups is 2. The summed E-state index contributed by atoms with van der Waals surface area (Å²) in [6.07, 6.45) is 3.28. The molecule has 1 fully saturated rings. The molecule has 0 radical (unpaired) electrons. The fourth-order valence-corrected chi connectivity index (χ4v) is 9.81. The van der Waals surface area contributed by atoms with E-state index < -0.39 is 119 Å². The Morgan fingerprint density at radius 1 is 0.713 bits per heavy atom. The van der Waals surface area contributed by atoms with E-state index in [1.54, 1.807) is 48.5 Å². The molecule has 7 amide bonds. The zero-order valence-corrected chi connectivity index (χ0v) is 45.1. The quantitative estimate of drug-likeness (QED) is 0.0152. The van der Waals surface area contributed by atoms with Crippen LogP contribution in [0.4, 0.5) is 0 Å². The number of amides is 7. The molecule has 438 valence electrons. The third-order valence-corrected chi connectivity index (χ3v) is 14.2. The van der Waals surface area contributed by atoms with Gasteiger partial charge >= 0.3 is 5.97 Å². The van der Waals surface area contributed by atoms with Gasteiger partial charge in [0.2, 0.25) is 51.4 Å². The van der Waals surface area contributed by atoms with Crippen LogP contribution in [0, 0.1) is 0 Å². The number of benzene rings is 2. The molecule has 2 aromatic carbocycles. The van der Waals surface area contributed by atoms with Crippen LogP contribution >= 0.6 is 0 Å². The minimum Gasteiger partial charge on any atom is -0.480 e. The molecule has 1 aliphatic heterocycles. The minimum atomic E-state index is -4.06. The van der Waals surface area contributed by atoms with Gasteiger partial charge in [-0.05, 0) is 82.0 Å². The van der Waals surface area contributed by atoms with Gasteiger partial charge in [-0.1, -0.05) is 42.5 Å². The number of nitrogens with zero attached hydrogens (tertiary/aromatic N) is 4. The zero-order chi connectivity index (χ0) is 58.8. The molecule has 0 bridgehead atoms. The van der Waals surface area contributed by atoms with E-state index in [1.807, 2.05) is 0 Å². The fraction of sp³-hybridized carbons (Fsp3) is 0.500. The number of carboxylic acid groups (broad SMARTS) is 1. The first kappa shape index (κ1) is 64.5. The molecule has 1 aromatic heterocycles. The van der Waals surface area contributed by atoms with Crippen molar-refractivity contribution in [3.05, 3.63) is 72.6 Å². The Hall–Kier alpha value is -8.06. The first-order chi connectivity index (χ1) is 38.1. The number of nitrogens with one attached hydrogen (secondary N) is 7. The number of carbonyl (C=O) groups excluding carboxylic acids is 7. The van der Waals surface area contributed by atoms with Crippen molar-refractivity contribution in [2.24, 2.45) is 44.4 Å². The number of nitrogens with two attached hydrogens (primary N) is 6. The van der Waals surface area contributed by atoms with Gasteiger partial charge in [0.15, 0.2) is 11.9 Å². The molecule has 7 atom stereocenters. The van der Waals surface area contributed by atoms with Crippen molar-refractivity contribution in [3.8, 4) is 0 Å². The van der Waals surface area contributed by atoms with Gasteiger partial charge in [0.25, 0.3) is 0 Å². The van der Waals surface area contributed by atoms with Gasteiger partial charge in [0, 0.05) is 68.7 Å². The predicted octanol–water partition coefficient (Wildman–Crippen LogP) is -4.68. The number of hydrogen-bond donors (Lipinski definition) is 15. The van der Waals surface area contributed by atoms with Crippen LogP contribution in [0.2, 0.25) is 0 Å². The summed E-state index contributed by atoms with van der Waals surface area (Å²) in [7, 11) is -4.06. The van der Waals surface area contributed by atoms with Gasteiger partial charge in [0.05, 0.1) is 17.5 Å². The molecule has 30 heteroatoms. The lowest BCUT2D eigenvalue weighted by molar-refractivity contribution is -0.142. The molecule has 0 aliphatic carbocycles. The molecule has 0 unspecified atom stereocenters. The molecule has 1 saturated heterocycles. The highest BCUT2D eigenvalue weighted by atomic mass is 32.2. The average Bonchev–Trinajstić information content (AvgIpc) is 3.96. The van der Waals surface area contributed by atoms with Crippen molar-refractivity contribution < 1.29 is 57.0 Å². The average molecular weight is 1140 g/mol. The number of carbonyl (C=O) groups is 8. The van der Waals surface area contributed by atoms with Crippen LogP contribution in [0.25, 0.3) is 10.8 Å². The van der Waals surface area contributed by atoms with Crippen LogP contribution in [0.1, 0.15) is 69.8 Å². The molecule has 4 rings (SSSR count). The van der Waals surface area contributed by atoms with E-state index in [1.165, 1.54) is 23.4 Å². The van der Waals surface area contributed by atoms with Gasteiger partial charge in [-0.2, -0.15) is 0 Å². The van der Waals surface area contributed by atoms with Crippen LogP contribution in [0.5, 0.6) is 0 Å². The topological polar surface area (TPSA) is 492 Å². The fourth-order valence-electron chi connectivity index (χ4n) is 8.55. The van der Waals surface area contributed by atoms with Crippen molar-refractivity contribution in [1.29, 1.82) is 0 Å². The highest BCUT2D eigenvalue weighted by Gasteiger charge is 2.38. The Labute approximate surface area is 462 Å². The van der Waals surface area contributed by atoms with Gasteiger partial charge < -0.3 is 81.4 Å². The van der Waals surface area contributed by atoms with Crippen LogP contribution in [0.3, 0.4) is 0 Å². The summed E-state index contributed by atoms with van der Waals surface area (Å²) in [6.45, 7) is -0.973. The van der Waals surface area contributed by atoms with Crippen LogP contribution in [-0.2, 0) is 54.8 Å². The molecular formula is C50H75N17O12S. The van der Waals surface area contributed by atoms with Crippen molar-refractivity contribution in [3.63, 3.8) is 0 Å². The number of pyridine rings is 1. The monoisotopic (exact) mass is 1140 g/mol. The number of hydrogen-bond acceptors (Lipinski definition) is 16. The maximum Gasteiger partial charge on any atom is 0.326 e. The van der Waals surface area contributed by atoms with E-state index >= 15 is 0 Å². The van der Waals surface area contributed by atoms with Crippen molar-refractivity contribution >= 4 is 80.0 Å². The third-order valence-electron chi connectivity index (χ3n) is 12.7. The highest BCUT2D eigenvalue weighted by molar-refractivity contribution is 7.89. The number of rotatable bonds is 34. The Bertz CT molecular complexity index is 2760. The summed E-state index contributed by atoms with van der Waals surface area (Å²) < 4.78 is 28.9. The molecular weight excluding hydrogens is 1060 g/mol. The number of carboxylic acids is 1. The second kappa shape index (κ2) is 32.7. The molecule has 0 spiro atoms. The van der Waals surface area contributed by atoms with Crippen molar-refractivity contribution in [2.45, 2.75) is 118 Å². The largest absolute Gasteiger partial charge is 0.480 e. The number of sulfonamides is 1. The lowest BCUT2D eigenvalue weighted by atomic mass is 10.0. The number of likely N-dealkylation sites (tertiary alicyclic amines) is 1. The Kier molecular flexibility index (Phi) is 26.4. The van der Waals surface area contributed by atoms with Gasteiger partial charge in [-0.3, -0.25) is 48.5 Å². The summed E-state index contributed by atoms with van der Waals surface area (Å²) in [6, 6.07) is 4.84. The lowest BCUT2D eigenvalue weighted by Gasteiger charge is -2.29. The standard InChI is InChI=1S/C50H75N17O12S/c51-20-5-13-34(62-43(71)35(14-7-22-60-50(55)56)64-46(74)39-15-8-26-67(39)47(75)33(52)12-6-21-59-49(53)54)42(70)63-36(44(72)66-38(29-68)45(73)65-37(48(76)77)27-30-9-2-1-3-10-30)17-18-41(69)58-24-25-61-80(78,79)40-16-4-11-31-28-57-23-19-32(31)40/h1-4,9-11,16,19,23,28,33-39,61,68H,5-8,12-15,17-18,20-22,24-27,29,51-52H2,(H,58,69)(H,62,71)(H,63,70)(H,64,74)(H,65,73)(H,66,72)(H,76,77)(H4,53,54,59)(H4,55,56,60)/t33-,34-,35-,36-,37-,38-,39-/m0/s1. The Balaban J connectivity index is 1.53. The number of aliphatic carboxylic acids is 1. The zero-order valence-electron chi connectivity index (χ0n) is 44.3. The van der Waals surface area contributed by atoms with Crippen LogP contribution in [0.15, 0.2) is 81.9 Å². The van der Waals surface area contributed by atoms with E-state index in [-0.39, 0.29) is 101 Å². The van der Waals surface area contributed by atoms with Gasteiger partial charge in [-0.25, -0.2) is 17.9 Å². The summed E-state index contributed by atoms with van der Waals surface area (Å²) >= 11 is 0. The third kappa shape index (κ3) is 21.0. The molecule has 2 heterocycles. The summed E-state index contributed by atoms with van der Waals surface area (Å²) in [4.78, 5) is 122. The normalized spacial score (nSPS) is 15.4. The van der Waals surface area contributed by atoms with Gasteiger partial charge in [-0.15, -0.1) is 0 Å². The number of guanidine groups is 2. The molecule has 1 aliphatic rings. The first-order valence-electron chi connectivity index (χ1n) is 26.0. The Morgan fingerprint density at radius 2 is 1.30 bits per heavy atom. The van der Waals surface area contributed by atoms with Crippen LogP contribution in [-0.4, -0.2) is 176 Å². The number of fused-ring (bicyclic) bond motifs is 1. The maximum atomic E-state index is 14.3. The molecule has 29 nitrogen and oxygen atoms in total. The summed E-state index contributed by atoms with van der Waals surface area (Å²) in [5.41, 5.74) is 34.4. The van der Waals surface area contributed by atoms with Gasteiger partial charge in [0.1, 0.15) is 36.3 Å². The smallest absolute Gasteiger partial charge is 0.326 e. The van der Waals surface area contributed by atoms with Crippen LogP contribution < -0.4 is 71.0 Å².